The van der Waals surface area contributed by atoms with Crippen LogP contribution < -0.4 is 10.1 Å². The largest absolute Gasteiger partial charge is 0.496 e. The average Bonchev–Trinajstić information content (AvgIpc) is 3.39. The Bertz CT molecular complexity index is 1100. The van der Waals surface area contributed by atoms with E-state index in [0.29, 0.717) is 19.4 Å². The van der Waals surface area contributed by atoms with E-state index in [1.54, 1.807) is 7.11 Å². The van der Waals surface area contributed by atoms with Gasteiger partial charge in [0.2, 0.25) is 5.91 Å². The van der Waals surface area contributed by atoms with Crippen LogP contribution in [0.4, 0.5) is 0 Å². The molecule has 1 aromatic carbocycles. The van der Waals surface area contributed by atoms with Gasteiger partial charge in [-0.15, -0.1) is 0 Å². The van der Waals surface area contributed by atoms with Crippen LogP contribution in [0.15, 0.2) is 30.3 Å². The lowest BCUT2D eigenvalue weighted by molar-refractivity contribution is -0.121. The van der Waals surface area contributed by atoms with Crippen molar-refractivity contribution in [3.63, 3.8) is 0 Å². The number of aromatic nitrogens is 3. The van der Waals surface area contributed by atoms with Crippen LogP contribution in [0.25, 0.3) is 5.65 Å². The second-order valence-corrected chi connectivity index (χ2v) is 8.78. The van der Waals surface area contributed by atoms with Crippen molar-refractivity contribution in [2.24, 2.45) is 0 Å². The third-order valence-corrected chi connectivity index (χ3v) is 6.75. The second-order valence-electron chi connectivity index (χ2n) is 8.78. The molecular formula is C25H32N4O2. The topological polar surface area (TPSA) is 68.5 Å². The van der Waals surface area contributed by atoms with Gasteiger partial charge >= 0.3 is 0 Å². The summed E-state index contributed by atoms with van der Waals surface area (Å²) >= 11 is 0. The summed E-state index contributed by atoms with van der Waals surface area (Å²) in [5, 5.41) is 7.76. The summed E-state index contributed by atoms with van der Waals surface area (Å²) in [5.74, 6) is 0.996. The lowest BCUT2D eigenvalue weighted by atomic mass is 9.78. The van der Waals surface area contributed by atoms with Gasteiger partial charge in [0.1, 0.15) is 5.75 Å². The zero-order valence-corrected chi connectivity index (χ0v) is 19.0. The van der Waals surface area contributed by atoms with Gasteiger partial charge in [-0.25, -0.2) is 9.50 Å². The summed E-state index contributed by atoms with van der Waals surface area (Å²) in [5.41, 5.74) is 6.12. The van der Waals surface area contributed by atoms with Crippen molar-refractivity contribution < 1.29 is 9.53 Å². The Morgan fingerprint density at radius 1 is 1.19 bits per heavy atom. The van der Waals surface area contributed by atoms with Gasteiger partial charge in [-0.3, -0.25) is 4.79 Å². The van der Waals surface area contributed by atoms with Crippen molar-refractivity contribution in [2.45, 2.75) is 64.7 Å². The predicted molar refractivity (Wildman–Crippen MR) is 122 cm³/mol. The lowest BCUT2D eigenvalue weighted by Crippen LogP contribution is -2.39. The highest BCUT2D eigenvalue weighted by Gasteiger charge is 2.38. The molecule has 1 fully saturated rings. The van der Waals surface area contributed by atoms with E-state index in [1.165, 1.54) is 18.4 Å². The first-order chi connectivity index (χ1) is 14.9. The minimum Gasteiger partial charge on any atom is -0.496 e. The summed E-state index contributed by atoms with van der Waals surface area (Å²) in [6.45, 7) is 6.69. The Labute approximate surface area is 184 Å². The highest BCUT2D eigenvalue weighted by molar-refractivity contribution is 5.76. The predicted octanol–water partition coefficient (Wildman–Crippen LogP) is 4.22. The van der Waals surface area contributed by atoms with E-state index < -0.39 is 0 Å². The van der Waals surface area contributed by atoms with Crippen molar-refractivity contribution in [1.82, 2.24) is 19.9 Å². The van der Waals surface area contributed by atoms with Gasteiger partial charge in [-0.05, 0) is 51.7 Å². The molecule has 1 saturated carbocycles. The number of ether oxygens (including phenoxy) is 1. The smallest absolute Gasteiger partial charge is 0.220 e. The second kappa shape index (κ2) is 8.69. The molecule has 1 amide bonds. The molecule has 1 aliphatic rings. The molecule has 0 unspecified atom stereocenters. The number of benzene rings is 1. The first-order valence-electron chi connectivity index (χ1n) is 11.2. The van der Waals surface area contributed by atoms with Crippen LogP contribution in [0.1, 0.15) is 60.3 Å². The van der Waals surface area contributed by atoms with Crippen molar-refractivity contribution >= 4 is 11.6 Å². The standard InChI is InChI=1S/C25H32N4O2/c1-17-15-23-27-18(2)20(19(3)29(23)28-17)11-12-24(30)26-16-25(13-7-8-14-25)21-9-5-6-10-22(21)31-4/h5-6,9-10,15H,7-8,11-14,16H2,1-4H3,(H,26,30). The normalized spacial score (nSPS) is 15.4. The van der Waals surface area contributed by atoms with Crippen molar-refractivity contribution in [2.75, 3.05) is 13.7 Å². The maximum atomic E-state index is 12.8. The number of aryl methyl sites for hydroxylation is 3. The minimum atomic E-state index is -0.0405. The van der Waals surface area contributed by atoms with Crippen LogP contribution in [-0.4, -0.2) is 34.2 Å². The van der Waals surface area contributed by atoms with Gasteiger partial charge in [0.25, 0.3) is 0 Å². The quantitative estimate of drug-likeness (QED) is 0.621. The van der Waals surface area contributed by atoms with E-state index in [2.05, 4.69) is 34.5 Å². The van der Waals surface area contributed by atoms with E-state index in [9.17, 15) is 4.79 Å². The van der Waals surface area contributed by atoms with Gasteiger partial charge in [-0.2, -0.15) is 5.10 Å². The summed E-state index contributed by atoms with van der Waals surface area (Å²) in [6, 6.07) is 10.2. The molecule has 1 N–H and O–H groups in total. The zero-order valence-electron chi connectivity index (χ0n) is 19.0. The third kappa shape index (κ3) is 4.16. The molecule has 0 bridgehead atoms. The minimum absolute atomic E-state index is 0.0405. The molecule has 31 heavy (non-hydrogen) atoms. The van der Waals surface area contributed by atoms with E-state index in [-0.39, 0.29) is 11.3 Å². The molecule has 6 nitrogen and oxygen atoms in total. The van der Waals surface area contributed by atoms with E-state index >= 15 is 0 Å². The number of hydrogen-bond acceptors (Lipinski definition) is 4. The molecule has 0 spiro atoms. The van der Waals surface area contributed by atoms with Crippen LogP contribution in [0.2, 0.25) is 0 Å². The van der Waals surface area contributed by atoms with Gasteiger partial charge in [0.15, 0.2) is 5.65 Å². The molecule has 0 radical (unpaired) electrons. The van der Waals surface area contributed by atoms with Crippen molar-refractivity contribution in [3.05, 3.63) is 58.5 Å². The van der Waals surface area contributed by atoms with Crippen LogP contribution in [0.3, 0.4) is 0 Å². The van der Waals surface area contributed by atoms with E-state index in [0.717, 1.165) is 46.9 Å². The Morgan fingerprint density at radius 2 is 1.94 bits per heavy atom. The SMILES string of the molecule is COc1ccccc1C1(CNC(=O)CCc2c(C)nc3cc(C)nn3c2C)CCCC1. The number of nitrogens with one attached hydrogen (secondary N) is 1. The number of rotatable bonds is 7. The summed E-state index contributed by atoms with van der Waals surface area (Å²) < 4.78 is 7.51. The maximum absolute atomic E-state index is 12.8. The molecule has 0 atom stereocenters. The van der Waals surface area contributed by atoms with Crippen LogP contribution in [0, 0.1) is 20.8 Å². The number of methoxy groups -OCH3 is 1. The van der Waals surface area contributed by atoms with Crippen molar-refractivity contribution in [1.29, 1.82) is 0 Å². The molecule has 2 heterocycles. The number of nitrogens with zero attached hydrogens (tertiary/aromatic N) is 3. The fourth-order valence-corrected chi connectivity index (χ4v) is 5.07. The molecule has 2 aromatic heterocycles. The summed E-state index contributed by atoms with van der Waals surface area (Å²) in [4.78, 5) is 17.5. The Balaban J connectivity index is 1.45. The summed E-state index contributed by atoms with van der Waals surface area (Å²) in [6.07, 6.45) is 5.61. The van der Waals surface area contributed by atoms with Crippen LogP contribution >= 0.6 is 0 Å². The first-order valence-corrected chi connectivity index (χ1v) is 11.2. The molecule has 1 aliphatic carbocycles. The first kappa shape index (κ1) is 21.3. The monoisotopic (exact) mass is 420 g/mol. The zero-order chi connectivity index (χ0) is 22.0. The van der Waals surface area contributed by atoms with Gasteiger partial charge in [0.05, 0.1) is 12.8 Å². The highest BCUT2D eigenvalue weighted by atomic mass is 16.5. The lowest BCUT2D eigenvalue weighted by Gasteiger charge is -2.31. The molecule has 164 valence electrons. The van der Waals surface area contributed by atoms with Gasteiger partial charge < -0.3 is 10.1 Å². The van der Waals surface area contributed by atoms with Crippen LogP contribution in [-0.2, 0) is 16.6 Å². The highest BCUT2D eigenvalue weighted by Crippen LogP contribution is 2.44. The molecular weight excluding hydrogens is 388 g/mol. The molecule has 6 heteroatoms. The molecule has 4 rings (SSSR count). The maximum Gasteiger partial charge on any atom is 0.220 e. The fraction of sp³-hybridized carbons (Fsp3) is 0.480. The number of para-hydroxylation sites is 1. The number of carbonyl (C=O) groups is 1. The third-order valence-electron chi connectivity index (χ3n) is 6.75. The Morgan fingerprint density at radius 3 is 2.68 bits per heavy atom. The fourth-order valence-electron chi connectivity index (χ4n) is 5.07. The van der Waals surface area contributed by atoms with Crippen LogP contribution in [0.5, 0.6) is 5.75 Å². The molecule has 3 aromatic rings. The summed E-state index contributed by atoms with van der Waals surface area (Å²) in [7, 11) is 1.72. The number of hydrogen-bond donors (Lipinski definition) is 1. The average molecular weight is 421 g/mol. The van der Waals surface area contributed by atoms with Gasteiger partial charge in [-0.1, -0.05) is 31.0 Å². The molecule has 0 saturated heterocycles. The van der Waals surface area contributed by atoms with E-state index in [4.69, 9.17) is 4.74 Å². The van der Waals surface area contributed by atoms with E-state index in [1.807, 2.05) is 36.6 Å². The van der Waals surface area contributed by atoms with Crippen molar-refractivity contribution in [3.8, 4) is 5.75 Å². The molecule has 0 aliphatic heterocycles. The Kier molecular flexibility index (Phi) is 5.99. The number of fused-ring (bicyclic) bond motifs is 1. The van der Waals surface area contributed by atoms with Gasteiger partial charge in [0, 0.05) is 41.4 Å². The number of carbonyl (C=O) groups excluding carboxylic acids is 1. The Hall–Kier alpha value is -2.89. The number of amides is 1.